The Kier molecular flexibility index (Phi) is 6.41. The lowest BCUT2D eigenvalue weighted by Gasteiger charge is -2.12. The molecule has 0 spiro atoms. The van der Waals surface area contributed by atoms with E-state index in [9.17, 15) is 9.59 Å². The van der Waals surface area contributed by atoms with Crippen LogP contribution >= 0.6 is 0 Å². The minimum absolute atomic E-state index is 0.119. The first kappa shape index (κ1) is 18.8. The van der Waals surface area contributed by atoms with Crippen molar-refractivity contribution >= 4 is 22.9 Å². The third kappa shape index (κ3) is 4.30. The Morgan fingerprint density at radius 2 is 1.92 bits per heavy atom. The van der Waals surface area contributed by atoms with Crippen LogP contribution in [0.3, 0.4) is 0 Å². The molecule has 0 saturated heterocycles. The van der Waals surface area contributed by atoms with Crippen molar-refractivity contribution < 1.29 is 28.2 Å². The lowest BCUT2D eigenvalue weighted by molar-refractivity contribution is -0.145. The topological polar surface area (TPSA) is 87.0 Å². The highest BCUT2D eigenvalue weighted by Gasteiger charge is 2.23. The fraction of sp³-hybridized carbons (Fsp3) is 0.444. The summed E-state index contributed by atoms with van der Waals surface area (Å²) in [6.07, 6.45) is 0. The second-order valence-electron chi connectivity index (χ2n) is 5.35. The molecular formula is C18H23NO6. The number of carbonyl (C=O) groups is 2. The maximum Gasteiger partial charge on any atom is 0.374 e. The fourth-order valence-corrected chi connectivity index (χ4v) is 2.40. The second kappa shape index (κ2) is 8.53. The normalized spacial score (nSPS) is 12.0. The number of esters is 2. The Hall–Kier alpha value is -2.54. The molecule has 7 heteroatoms. The summed E-state index contributed by atoms with van der Waals surface area (Å²) < 4.78 is 20.9. The van der Waals surface area contributed by atoms with Crippen molar-refractivity contribution in [2.24, 2.45) is 0 Å². The van der Waals surface area contributed by atoms with Crippen LogP contribution in [-0.2, 0) is 20.8 Å². The van der Waals surface area contributed by atoms with Gasteiger partial charge in [0, 0.05) is 23.6 Å². The molecule has 25 heavy (non-hydrogen) atoms. The quantitative estimate of drug-likeness (QED) is 0.733. The number of nitrogens with one attached hydrogen (secondary N) is 1. The van der Waals surface area contributed by atoms with Gasteiger partial charge in [-0.25, -0.2) is 4.79 Å². The average molecular weight is 349 g/mol. The van der Waals surface area contributed by atoms with Gasteiger partial charge in [-0.1, -0.05) is 0 Å². The predicted octanol–water partition coefficient (Wildman–Crippen LogP) is 2.66. The summed E-state index contributed by atoms with van der Waals surface area (Å²) >= 11 is 0. The zero-order valence-corrected chi connectivity index (χ0v) is 14.9. The van der Waals surface area contributed by atoms with E-state index in [1.807, 2.05) is 6.07 Å². The van der Waals surface area contributed by atoms with Gasteiger partial charge in [-0.2, -0.15) is 0 Å². The highest BCUT2D eigenvalue weighted by atomic mass is 16.5. The monoisotopic (exact) mass is 349 g/mol. The fourth-order valence-electron chi connectivity index (χ4n) is 2.40. The SMILES string of the molecule is CCOC(=O)c1oc2cc(OC)ccc2c1CN[C@@H](C)C(=O)OCC. The van der Waals surface area contributed by atoms with Crippen molar-refractivity contribution in [3.05, 3.63) is 29.5 Å². The number of ether oxygens (including phenoxy) is 3. The first-order chi connectivity index (χ1) is 12.0. The molecule has 0 unspecified atom stereocenters. The smallest absolute Gasteiger partial charge is 0.374 e. The van der Waals surface area contributed by atoms with Crippen molar-refractivity contribution in [1.82, 2.24) is 5.32 Å². The molecule has 136 valence electrons. The van der Waals surface area contributed by atoms with Crippen molar-refractivity contribution in [1.29, 1.82) is 0 Å². The van der Waals surface area contributed by atoms with Crippen molar-refractivity contribution in [2.75, 3.05) is 20.3 Å². The van der Waals surface area contributed by atoms with Crippen LogP contribution in [0.2, 0.25) is 0 Å². The molecule has 1 atom stereocenters. The van der Waals surface area contributed by atoms with Gasteiger partial charge in [0.15, 0.2) is 0 Å². The molecule has 0 saturated carbocycles. The molecule has 0 fully saturated rings. The number of hydrogen-bond acceptors (Lipinski definition) is 7. The summed E-state index contributed by atoms with van der Waals surface area (Å²) in [6, 6.07) is 4.78. The third-order valence-electron chi connectivity index (χ3n) is 3.69. The van der Waals surface area contributed by atoms with Gasteiger partial charge in [-0.15, -0.1) is 0 Å². The first-order valence-electron chi connectivity index (χ1n) is 8.18. The van der Waals surface area contributed by atoms with Crippen LogP contribution in [-0.4, -0.2) is 38.3 Å². The van der Waals surface area contributed by atoms with Crippen LogP contribution in [0.1, 0.15) is 36.9 Å². The largest absolute Gasteiger partial charge is 0.497 e. The number of hydrogen-bond donors (Lipinski definition) is 1. The van der Waals surface area contributed by atoms with Gasteiger partial charge in [0.2, 0.25) is 5.76 Å². The van der Waals surface area contributed by atoms with E-state index in [4.69, 9.17) is 18.6 Å². The highest BCUT2D eigenvalue weighted by Crippen LogP contribution is 2.30. The lowest BCUT2D eigenvalue weighted by Crippen LogP contribution is -2.35. The molecule has 2 rings (SSSR count). The van der Waals surface area contributed by atoms with Crippen molar-refractivity contribution in [2.45, 2.75) is 33.4 Å². The van der Waals surface area contributed by atoms with Gasteiger partial charge in [0.1, 0.15) is 17.4 Å². The van der Waals surface area contributed by atoms with Crippen LogP contribution < -0.4 is 10.1 Å². The van der Waals surface area contributed by atoms with Gasteiger partial charge >= 0.3 is 11.9 Å². The number of benzene rings is 1. The van der Waals surface area contributed by atoms with E-state index in [0.717, 1.165) is 5.39 Å². The van der Waals surface area contributed by atoms with Gasteiger partial charge in [0.05, 0.1) is 20.3 Å². The van der Waals surface area contributed by atoms with E-state index in [2.05, 4.69) is 5.32 Å². The van der Waals surface area contributed by atoms with Crippen LogP contribution in [0.4, 0.5) is 0 Å². The zero-order chi connectivity index (χ0) is 18.4. The van der Waals surface area contributed by atoms with E-state index in [1.165, 1.54) is 0 Å². The second-order valence-corrected chi connectivity index (χ2v) is 5.35. The molecular weight excluding hydrogens is 326 g/mol. The van der Waals surface area contributed by atoms with Crippen LogP contribution in [0, 0.1) is 0 Å². The van der Waals surface area contributed by atoms with Gasteiger partial charge in [-0.3, -0.25) is 4.79 Å². The van der Waals surface area contributed by atoms with Crippen molar-refractivity contribution in [3.63, 3.8) is 0 Å². The summed E-state index contributed by atoms with van der Waals surface area (Å²) in [7, 11) is 1.56. The van der Waals surface area contributed by atoms with Crippen LogP contribution in [0.25, 0.3) is 11.0 Å². The molecule has 1 N–H and O–H groups in total. The minimum atomic E-state index is -0.543. The predicted molar refractivity (Wildman–Crippen MR) is 91.7 cm³/mol. The Morgan fingerprint density at radius 1 is 1.20 bits per heavy atom. The summed E-state index contributed by atoms with van der Waals surface area (Å²) in [5.74, 6) is -0.155. The molecule has 0 aliphatic rings. The molecule has 1 aromatic carbocycles. The minimum Gasteiger partial charge on any atom is -0.497 e. The Bertz CT molecular complexity index is 751. The van der Waals surface area contributed by atoms with Crippen LogP contribution in [0.15, 0.2) is 22.6 Å². The average Bonchev–Trinajstić information content (AvgIpc) is 2.97. The highest BCUT2D eigenvalue weighted by molar-refractivity contribution is 5.96. The standard InChI is InChI=1S/C18H23NO6/c1-5-23-17(20)11(3)19-10-14-13-8-7-12(22-4)9-15(13)25-16(14)18(21)24-6-2/h7-9,11,19H,5-6,10H2,1-4H3/t11-/m0/s1. The summed E-state index contributed by atoms with van der Waals surface area (Å²) in [6.45, 7) is 5.99. The van der Waals surface area contributed by atoms with Gasteiger partial charge in [-0.05, 0) is 32.9 Å². The molecule has 0 aliphatic heterocycles. The number of fused-ring (bicyclic) bond motifs is 1. The lowest BCUT2D eigenvalue weighted by atomic mass is 10.1. The molecule has 0 bridgehead atoms. The number of furan rings is 1. The first-order valence-corrected chi connectivity index (χ1v) is 8.18. The Labute approximate surface area is 146 Å². The summed E-state index contributed by atoms with van der Waals surface area (Å²) in [5, 5.41) is 3.81. The molecule has 0 amide bonds. The maximum atomic E-state index is 12.2. The molecule has 7 nitrogen and oxygen atoms in total. The zero-order valence-electron chi connectivity index (χ0n) is 14.9. The van der Waals surface area contributed by atoms with E-state index in [0.29, 0.717) is 23.5 Å². The molecule has 1 heterocycles. The molecule has 0 aliphatic carbocycles. The van der Waals surface area contributed by atoms with E-state index < -0.39 is 12.0 Å². The summed E-state index contributed by atoms with van der Waals surface area (Å²) in [5.41, 5.74) is 1.15. The number of rotatable bonds is 8. The molecule has 1 aromatic heterocycles. The Balaban J connectivity index is 2.32. The Morgan fingerprint density at radius 3 is 2.56 bits per heavy atom. The number of carbonyl (C=O) groups excluding carboxylic acids is 2. The third-order valence-corrected chi connectivity index (χ3v) is 3.69. The van der Waals surface area contributed by atoms with Gasteiger partial charge in [0.25, 0.3) is 0 Å². The van der Waals surface area contributed by atoms with Crippen molar-refractivity contribution in [3.8, 4) is 5.75 Å². The van der Waals surface area contributed by atoms with E-state index in [1.54, 1.807) is 40.0 Å². The number of methoxy groups -OCH3 is 1. The summed E-state index contributed by atoms with van der Waals surface area (Å²) in [4.78, 5) is 24.0. The molecule has 2 aromatic rings. The molecule has 0 radical (unpaired) electrons. The van der Waals surface area contributed by atoms with E-state index >= 15 is 0 Å². The van der Waals surface area contributed by atoms with E-state index in [-0.39, 0.29) is 24.9 Å². The van der Waals surface area contributed by atoms with Crippen LogP contribution in [0.5, 0.6) is 5.75 Å². The van der Waals surface area contributed by atoms with Gasteiger partial charge < -0.3 is 23.9 Å². The maximum absolute atomic E-state index is 12.2.